The molecule has 0 aromatic carbocycles. The lowest BCUT2D eigenvalue weighted by atomic mass is 10.0. The standard InChI is InChI=1S/C10H13NO/c1-7-3-4-9-8(2)5-11(12)6-10(7)9/h5-7H,3-4H2,1-2H3/t7-/m0/s1. The third-order valence-electron chi connectivity index (χ3n) is 2.77. The van der Waals surface area contributed by atoms with Crippen molar-refractivity contribution >= 4 is 0 Å². The summed E-state index contributed by atoms with van der Waals surface area (Å²) in [7, 11) is 0. The molecule has 1 aliphatic rings. The van der Waals surface area contributed by atoms with Gasteiger partial charge in [0.1, 0.15) is 0 Å². The van der Waals surface area contributed by atoms with E-state index in [4.69, 9.17) is 0 Å². The zero-order valence-corrected chi connectivity index (χ0v) is 7.50. The van der Waals surface area contributed by atoms with Crippen LogP contribution in [0, 0.1) is 12.1 Å². The summed E-state index contributed by atoms with van der Waals surface area (Å²) in [6, 6.07) is 0. The van der Waals surface area contributed by atoms with E-state index in [1.807, 2.05) is 6.92 Å². The van der Waals surface area contributed by atoms with Crippen LogP contribution in [0.3, 0.4) is 0 Å². The van der Waals surface area contributed by atoms with Crippen LogP contribution in [0.4, 0.5) is 0 Å². The number of pyridine rings is 1. The Morgan fingerprint density at radius 1 is 1.50 bits per heavy atom. The summed E-state index contributed by atoms with van der Waals surface area (Å²) in [5, 5.41) is 11.1. The molecule has 64 valence electrons. The molecule has 1 aromatic heterocycles. The first kappa shape index (κ1) is 7.59. The van der Waals surface area contributed by atoms with Crippen molar-refractivity contribution in [2.45, 2.75) is 32.6 Å². The summed E-state index contributed by atoms with van der Waals surface area (Å²) in [6.45, 7) is 4.20. The van der Waals surface area contributed by atoms with E-state index in [1.54, 1.807) is 12.4 Å². The zero-order chi connectivity index (χ0) is 8.72. The minimum atomic E-state index is 0.570. The first-order valence-corrected chi connectivity index (χ1v) is 4.40. The van der Waals surface area contributed by atoms with Crippen molar-refractivity contribution in [1.82, 2.24) is 0 Å². The Morgan fingerprint density at radius 2 is 2.25 bits per heavy atom. The number of hydrogen-bond donors (Lipinski definition) is 0. The fraction of sp³-hybridized carbons (Fsp3) is 0.500. The molecule has 12 heavy (non-hydrogen) atoms. The molecule has 0 aliphatic heterocycles. The Morgan fingerprint density at radius 3 is 3.00 bits per heavy atom. The van der Waals surface area contributed by atoms with Crippen molar-refractivity contribution in [3.05, 3.63) is 34.3 Å². The molecule has 2 rings (SSSR count). The zero-order valence-electron chi connectivity index (χ0n) is 7.50. The minimum Gasteiger partial charge on any atom is -0.619 e. The van der Waals surface area contributed by atoms with Gasteiger partial charge in [0.05, 0.1) is 0 Å². The fourth-order valence-corrected chi connectivity index (χ4v) is 2.03. The Labute approximate surface area is 72.4 Å². The Balaban J connectivity index is 2.60. The summed E-state index contributed by atoms with van der Waals surface area (Å²) in [5.41, 5.74) is 3.80. The summed E-state index contributed by atoms with van der Waals surface area (Å²) < 4.78 is 0.927. The second-order valence-electron chi connectivity index (χ2n) is 3.67. The maximum atomic E-state index is 11.1. The monoisotopic (exact) mass is 163 g/mol. The summed E-state index contributed by atoms with van der Waals surface area (Å²) >= 11 is 0. The van der Waals surface area contributed by atoms with Gasteiger partial charge in [-0.05, 0) is 31.2 Å². The van der Waals surface area contributed by atoms with Crippen LogP contribution in [-0.4, -0.2) is 0 Å². The average Bonchev–Trinajstić information content (AvgIpc) is 2.33. The van der Waals surface area contributed by atoms with Gasteiger partial charge in [-0.1, -0.05) is 6.92 Å². The first-order chi connectivity index (χ1) is 5.68. The molecule has 0 saturated carbocycles. The molecule has 0 N–H and O–H groups in total. The van der Waals surface area contributed by atoms with Gasteiger partial charge in [-0.3, -0.25) is 0 Å². The van der Waals surface area contributed by atoms with Crippen LogP contribution < -0.4 is 4.73 Å². The second kappa shape index (κ2) is 2.47. The second-order valence-corrected chi connectivity index (χ2v) is 3.67. The fourth-order valence-electron chi connectivity index (χ4n) is 2.03. The molecule has 0 amide bonds. The van der Waals surface area contributed by atoms with Crippen LogP contribution in [0.2, 0.25) is 0 Å². The first-order valence-electron chi connectivity index (χ1n) is 4.40. The molecule has 2 heteroatoms. The normalized spacial score (nSPS) is 21.0. The van der Waals surface area contributed by atoms with E-state index in [0.29, 0.717) is 5.92 Å². The van der Waals surface area contributed by atoms with E-state index in [-0.39, 0.29) is 0 Å². The molecule has 0 spiro atoms. The van der Waals surface area contributed by atoms with E-state index in [0.717, 1.165) is 16.7 Å². The molecule has 0 radical (unpaired) electrons. The van der Waals surface area contributed by atoms with Gasteiger partial charge in [0.15, 0.2) is 12.4 Å². The van der Waals surface area contributed by atoms with Crippen molar-refractivity contribution in [3.63, 3.8) is 0 Å². The van der Waals surface area contributed by atoms with Gasteiger partial charge in [-0.2, -0.15) is 4.73 Å². The molecule has 0 unspecified atom stereocenters. The Kier molecular flexibility index (Phi) is 1.56. The van der Waals surface area contributed by atoms with E-state index in [9.17, 15) is 5.21 Å². The number of aromatic nitrogens is 1. The van der Waals surface area contributed by atoms with Gasteiger partial charge in [0.25, 0.3) is 0 Å². The molecule has 1 aromatic rings. The van der Waals surface area contributed by atoms with Gasteiger partial charge in [-0.15, -0.1) is 0 Å². The van der Waals surface area contributed by atoms with Crippen molar-refractivity contribution in [1.29, 1.82) is 0 Å². The summed E-state index contributed by atoms with van der Waals surface area (Å²) in [6.07, 6.45) is 5.72. The van der Waals surface area contributed by atoms with E-state index in [1.165, 1.54) is 17.5 Å². The molecule has 1 heterocycles. The summed E-state index contributed by atoms with van der Waals surface area (Å²) in [4.78, 5) is 0. The minimum absolute atomic E-state index is 0.570. The van der Waals surface area contributed by atoms with Crippen LogP contribution in [-0.2, 0) is 6.42 Å². The highest BCUT2D eigenvalue weighted by atomic mass is 16.5. The van der Waals surface area contributed by atoms with Gasteiger partial charge in [0.2, 0.25) is 0 Å². The third kappa shape index (κ3) is 0.986. The lowest BCUT2D eigenvalue weighted by molar-refractivity contribution is -0.606. The summed E-state index contributed by atoms with van der Waals surface area (Å²) in [5.74, 6) is 0.570. The highest BCUT2D eigenvalue weighted by Gasteiger charge is 2.22. The average molecular weight is 163 g/mol. The number of fused-ring (bicyclic) bond motifs is 1. The quantitative estimate of drug-likeness (QED) is 0.422. The van der Waals surface area contributed by atoms with Crippen LogP contribution in [0.1, 0.15) is 36.0 Å². The van der Waals surface area contributed by atoms with Crippen LogP contribution in [0.25, 0.3) is 0 Å². The largest absolute Gasteiger partial charge is 0.619 e. The lowest BCUT2D eigenvalue weighted by Crippen LogP contribution is -2.26. The van der Waals surface area contributed by atoms with Crippen LogP contribution in [0.15, 0.2) is 12.4 Å². The molecular weight excluding hydrogens is 150 g/mol. The van der Waals surface area contributed by atoms with Crippen molar-refractivity contribution in [2.75, 3.05) is 0 Å². The maximum Gasteiger partial charge on any atom is 0.184 e. The number of hydrogen-bond acceptors (Lipinski definition) is 1. The number of nitrogens with zero attached hydrogens (tertiary/aromatic N) is 1. The van der Waals surface area contributed by atoms with Gasteiger partial charge in [0, 0.05) is 11.1 Å². The van der Waals surface area contributed by atoms with Crippen LogP contribution >= 0.6 is 0 Å². The van der Waals surface area contributed by atoms with Gasteiger partial charge in [-0.25, -0.2) is 0 Å². The van der Waals surface area contributed by atoms with Gasteiger partial charge >= 0.3 is 0 Å². The molecular formula is C10H13NO. The number of rotatable bonds is 0. The smallest absolute Gasteiger partial charge is 0.184 e. The predicted octanol–water partition coefficient (Wildman–Crippen LogP) is 1.68. The molecule has 1 atom stereocenters. The van der Waals surface area contributed by atoms with E-state index in [2.05, 4.69) is 6.92 Å². The molecule has 1 aliphatic carbocycles. The van der Waals surface area contributed by atoms with Crippen molar-refractivity contribution in [2.24, 2.45) is 0 Å². The van der Waals surface area contributed by atoms with Crippen molar-refractivity contribution in [3.8, 4) is 0 Å². The molecule has 0 fully saturated rings. The molecule has 0 bridgehead atoms. The number of aryl methyl sites for hydroxylation is 1. The third-order valence-corrected chi connectivity index (χ3v) is 2.77. The van der Waals surface area contributed by atoms with Crippen LogP contribution in [0.5, 0.6) is 0 Å². The van der Waals surface area contributed by atoms with Gasteiger partial charge < -0.3 is 5.21 Å². The maximum absolute atomic E-state index is 11.1. The highest BCUT2D eigenvalue weighted by Crippen LogP contribution is 2.32. The molecule has 2 nitrogen and oxygen atoms in total. The SMILES string of the molecule is Cc1c[n+]([O-])cc2c1CC[C@@H]2C. The topological polar surface area (TPSA) is 26.9 Å². The highest BCUT2D eigenvalue weighted by molar-refractivity contribution is 5.35. The Hall–Kier alpha value is -1.05. The van der Waals surface area contributed by atoms with Crippen molar-refractivity contribution < 1.29 is 4.73 Å². The predicted molar refractivity (Wildman–Crippen MR) is 46.9 cm³/mol. The molecule has 0 saturated heterocycles. The van der Waals surface area contributed by atoms with E-state index >= 15 is 0 Å². The Bertz CT molecular complexity index is 320. The van der Waals surface area contributed by atoms with E-state index < -0.39 is 0 Å². The lowest BCUT2D eigenvalue weighted by Gasteiger charge is -2.05.